The number of hydrogen-bond donors (Lipinski definition) is 0. The number of methoxy groups -OCH3 is 1. The first-order valence-electron chi connectivity index (χ1n) is 4.09. The number of nitro groups is 1. The lowest BCUT2D eigenvalue weighted by molar-refractivity contribution is -0.385. The molecule has 1 heterocycles. The van der Waals surface area contributed by atoms with E-state index in [4.69, 9.17) is 11.6 Å². The highest BCUT2D eigenvalue weighted by Crippen LogP contribution is 2.31. The van der Waals surface area contributed by atoms with Gasteiger partial charge in [-0.15, -0.1) is 0 Å². The van der Waals surface area contributed by atoms with Crippen molar-refractivity contribution in [3.05, 3.63) is 32.6 Å². The van der Waals surface area contributed by atoms with Gasteiger partial charge in [-0.3, -0.25) is 10.1 Å². The molecule has 0 saturated heterocycles. The Kier molecular flexibility index (Phi) is 3.89. The van der Waals surface area contributed by atoms with Gasteiger partial charge in [0.05, 0.1) is 12.0 Å². The van der Waals surface area contributed by atoms with Gasteiger partial charge in [0, 0.05) is 0 Å². The summed E-state index contributed by atoms with van der Waals surface area (Å²) in [6.45, 7) is 0. The quantitative estimate of drug-likeness (QED) is 0.476. The second kappa shape index (κ2) is 5.00. The first kappa shape index (κ1) is 13.2. The highest BCUT2D eigenvalue weighted by Gasteiger charge is 2.29. The van der Waals surface area contributed by atoms with Gasteiger partial charge in [0.1, 0.15) is 10.7 Å². The fourth-order valence-corrected chi connectivity index (χ4v) is 1.32. The van der Waals surface area contributed by atoms with E-state index in [9.17, 15) is 23.7 Å². The van der Waals surface area contributed by atoms with Crippen LogP contribution in [-0.4, -0.2) is 23.0 Å². The molecule has 17 heavy (non-hydrogen) atoms. The van der Waals surface area contributed by atoms with Crippen molar-refractivity contribution in [1.82, 2.24) is 4.98 Å². The van der Waals surface area contributed by atoms with Gasteiger partial charge in [-0.1, -0.05) is 11.6 Å². The lowest BCUT2D eigenvalue weighted by Gasteiger charge is -2.05. The highest BCUT2D eigenvalue weighted by molar-refractivity contribution is 6.33. The summed E-state index contributed by atoms with van der Waals surface area (Å²) in [7, 11) is 0.941. The minimum absolute atomic E-state index is 0.597. The van der Waals surface area contributed by atoms with Gasteiger partial charge in [0.15, 0.2) is 0 Å². The summed E-state index contributed by atoms with van der Waals surface area (Å²) in [4.78, 5) is 24.0. The number of halogens is 3. The monoisotopic (exact) mass is 266 g/mol. The van der Waals surface area contributed by atoms with Crippen LogP contribution in [0.4, 0.5) is 14.5 Å². The maximum Gasteiger partial charge on any atom is 0.363 e. The molecule has 0 fully saturated rings. The Bertz CT molecular complexity index is 481. The number of nitrogens with zero attached hydrogens (tertiary/aromatic N) is 2. The minimum atomic E-state index is -3.00. The SMILES string of the molecule is COC(=O)c1nc(C(F)F)cc(Cl)c1[N+](=O)[O-]. The summed E-state index contributed by atoms with van der Waals surface area (Å²) in [6, 6.07) is 0.636. The predicted molar refractivity (Wildman–Crippen MR) is 52.2 cm³/mol. The summed E-state index contributed by atoms with van der Waals surface area (Å²) < 4.78 is 29.0. The van der Waals surface area contributed by atoms with Gasteiger partial charge in [-0.25, -0.2) is 18.6 Å². The molecule has 0 aliphatic carbocycles. The third-order valence-corrected chi connectivity index (χ3v) is 2.04. The molecule has 0 bridgehead atoms. The van der Waals surface area contributed by atoms with Crippen molar-refractivity contribution >= 4 is 23.3 Å². The van der Waals surface area contributed by atoms with Crippen molar-refractivity contribution < 1.29 is 23.2 Å². The van der Waals surface area contributed by atoms with Gasteiger partial charge in [0.2, 0.25) is 5.69 Å². The molecule has 0 spiro atoms. The molecule has 0 amide bonds. The molecule has 1 aromatic rings. The molecule has 9 heteroatoms. The van der Waals surface area contributed by atoms with Crippen LogP contribution in [0.2, 0.25) is 5.02 Å². The molecule has 0 aliphatic rings. The van der Waals surface area contributed by atoms with E-state index in [0.717, 1.165) is 7.11 Å². The molecule has 0 unspecified atom stereocenters. The van der Waals surface area contributed by atoms with Crippen LogP contribution >= 0.6 is 11.6 Å². The van der Waals surface area contributed by atoms with Crippen molar-refractivity contribution in [2.75, 3.05) is 7.11 Å². The number of pyridine rings is 1. The van der Waals surface area contributed by atoms with E-state index in [-0.39, 0.29) is 0 Å². The van der Waals surface area contributed by atoms with E-state index in [1.807, 2.05) is 0 Å². The Morgan fingerprint density at radius 3 is 2.65 bits per heavy atom. The van der Waals surface area contributed by atoms with Crippen molar-refractivity contribution in [2.45, 2.75) is 6.43 Å². The van der Waals surface area contributed by atoms with Crippen molar-refractivity contribution in [3.63, 3.8) is 0 Å². The maximum absolute atomic E-state index is 12.4. The highest BCUT2D eigenvalue weighted by atomic mass is 35.5. The molecular formula is C8H5ClF2N2O4. The largest absolute Gasteiger partial charge is 0.464 e. The zero-order chi connectivity index (χ0) is 13.2. The third-order valence-electron chi connectivity index (χ3n) is 1.75. The van der Waals surface area contributed by atoms with Gasteiger partial charge >= 0.3 is 11.7 Å². The lowest BCUT2D eigenvalue weighted by Crippen LogP contribution is -2.11. The Morgan fingerprint density at radius 1 is 1.65 bits per heavy atom. The van der Waals surface area contributed by atoms with E-state index in [1.54, 1.807) is 0 Å². The standard InChI is InChI=1S/C8H5ClF2N2O4/c1-17-8(14)5-6(13(15)16)3(9)2-4(12-5)7(10)11/h2,7H,1H3. The van der Waals surface area contributed by atoms with Crippen LogP contribution in [0.25, 0.3) is 0 Å². The van der Waals surface area contributed by atoms with E-state index in [1.165, 1.54) is 0 Å². The molecular weight excluding hydrogens is 262 g/mol. The molecule has 6 nitrogen and oxygen atoms in total. The maximum atomic E-state index is 12.4. The van der Waals surface area contributed by atoms with Crippen LogP contribution in [0, 0.1) is 10.1 Å². The first-order chi connectivity index (χ1) is 7.88. The minimum Gasteiger partial charge on any atom is -0.464 e. The molecule has 0 atom stereocenters. The predicted octanol–water partition coefficient (Wildman–Crippen LogP) is 2.37. The average molecular weight is 267 g/mol. The lowest BCUT2D eigenvalue weighted by atomic mass is 10.2. The van der Waals surface area contributed by atoms with Gasteiger partial charge in [-0.05, 0) is 6.07 Å². The van der Waals surface area contributed by atoms with Gasteiger partial charge in [-0.2, -0.15) is 0 Å². The molecule has 0 N–H and O–H groups in total. The first-order valence-corrected chi connectivity index (χ1v) is 4.47. The molecule has 0 aliphatic heterocycles. The van der Waals surface area contributed by atoms with E-state index < -0.39 is 39.4 Å². The van der Waals surface area contributed by atoms with Crippen LogP contribution in [0.5, 0.6) is 0 Å². The molecule has 1 rings (SSSR count). The fourth-order valence-electron chi connectivity index (χ4n) is 1.05. The smallest absolute Gasteiger partial charge is 0.363 e. The van der Waals surface area contributed by atoms with E-state index in [0.29, 0.717) is 6.07 Å². The van der Waals surface area contributed by atoms with Crippen LogP contribution in [0.3, 0.4) is 0 Å². The molecule has 92 valence electrons. The zero-order valence-electron chi connectivity index (χ0n) is 8.32. The van der Waals surface area contributed by atoms with Crippen LogP contribution in [-0.2, 0) is 4.74 Å². The summed E-state index contributed by atoms with van der Waals surface area (Å²) in [5.41, 5.74) is -2.54. The Morgan fingerprint density at radius 2 is 2.24 bits per heavy atom. The summed E-state index contributed by atoms with van der Waals surface area (Å²) >= 11 is 5.45. The van der Waals surface area contributed by atoms with Crippen LogP contribution in [0.1, 0.15) is 22.6 Å². The number of rotatable bonds is 3. The summed E-state index contributed by atoms with van der Waals surface area (Å²) in [6.07, 6.45) is -3.00. The number of esters is 1. The molecule has 1 aromatic heterocycles. The van der Waals surface area contributed by atoms with E-state index in [2.05, 4.69) is 9.72 Å². The normalized spacial score (nSPS) is 10.4. The number of alkyl halides is 2. The molecule has 0 saturated carbocycles. The van der Waals surface area contributed by atoms with Crippen molar-refractivity contribution in [1.29, 1.82) is 0 Å². The summed E-state index contributed by atoms with van der Waals surface area (Å²) in [5, 5.41) is 10.0. The average Bonchev–Trinajstić information content (AvgIpc) is 2.26. The Balaban J connectivity index is 3.50. The van der Waals surface area contributed by atoms with Crippen LogP contribution in [0.15, 0.2) is 6.07 Å². The van der Waals surface area contributed by atoms with E-state index >= 15 is 0 Å². The second-order valence-electron chi connectivity index (χ2n) is 2.78. The number of ether oxygens (including phenoxy) is 1. The molecule has 0 radical (unpaired) electrons. The van der Waals surface area contributed by atoms with Crippen LogP contribution < -0.4 is 0 Å². The third kappa shape index (κ3) is 2.64. The number of aromatic nitrogens is 1. The van der Waals surface area contributed by atoms with Crippen molar-refractivity contribution in [3.8, 4) is 0 Å². The zero-order valence-corrected chi connectivity index (χ0v) is 9.07. The number of carbonyl (C=O) groups excluding carboxylic acids is 1. The fraction of sp³-hybridized carbons (Fsp3) is 0.250. The Labute approximate surface area is 98.3 Å². The molecule has 0 aromatic carbocycles. The van der Waals surface area contributed by atoms with Gasteiger partial charge in [0.25, 0.3) is 6.43 Å². The summed E-state index contributed by atoms with van der Waals surface area (Å²) in [5.74, 6) is -1.21. The van der Waals surface area contributed by atoms with Gasteiger partial charge < -0.3 is 4.74 Å². The van der Waals surface area contributed by atoms with Crippen molar-refractivity contribution in [2.24, 2.45) is 0 Å². The number of carbonyl (C=O) groups is 1. The Hall–Kier alpha value is -1.83. The second-order valence-corrected chi connectivity index (χ2v) is 3.18. The number of hydrogen-bond acceptors (Lipinski definition) is 5. The topological polar surface area (TPSA) is 82.3 Å².